The molecule has 1 heterocycles. The quantitative estimate of drug-likeness (QED) is 0.838. The first kappa shape index (κ1) is 15.2. The van der Waals surface area contributed by atoms with E-state index in [0.717, 1.165) is 16.6 Å². The number of nitrogens with zero attached hydrogens (tertiary/aromatic N) is 1. The Kier molecular flexibility index (Phi) is 5.29. The van der Waals surface area contributed by atoms with Gasteiger partial charge in [-0.3, -0.25) is 0 Å². The second-order valence-corrected chi connectivity index (χ2v) is 6.32. The average Bonchev–Trinajstić information content (AvgIpc) is 2.84. The summed E-state index contributed by atoms with van der Waals surface area (Å²) >= 11 is 3.42. The zero-order valence-electron chi connectivity index (χ0n) is 11.8. The minimum Gasteiger partial charge on any atom is -0.488 e. The van der Waals surface area contributed by atoms with Crippen LogP contribution in [0.4, 0.5) is 4.79 Å². The molecular weight excluding hydrogens is 322 g/mol. The minimum atomic E-state index is -0.237. The lowest BCUT2D eigenvalue weighted by Gasteiger charge is -2.18. The Morgan fingerprint density at radius 1 is 1.50 bits per heavy atom. The molecule has 1 saturated heterocycles. The molecule has 1 amide bonds. The van der Waals surface area contributed by atoms with Crippen LogP contribution in [0.5, 0.6) is 5.75 Å². The molecule has 0 N–H and O–H groups in total. The smallest absolute Gasteiger partial charge is 0.409 e. The second kappa shape index (κ2) is 6.97. The number of benzene rings is 1. The number of hydrogen-bond acceptors (Lipinski definition) is 3. The highest BCUT2D eigenvalue weighted by atomic mass is 79.9. The van der Waals surface area contributed by atoms with E-state index in [-0.39, 0.29) is 12.2 Å². The van der Waals surface area contributed by atoms with Gasteiger partial charge in [0.1, 0.15) is 11.9 Å². The lowest BCUT2D eigenvalue weighted by atomic mass is 10.2. The van der Waals surface area contributed by atoms with E-state index < -0.39 is 0 Å². The van der Waals surface area contributed by atoms with Crippen LogP contribution in [-0.4, -0.2) is 36.8 Å². The van der Waals surface area contributed by atoms with E-state index in [1.165, 1.54) is 0 Å². The van der Waals surface area contributed by atoms with Gasteiger partial charge in [-0.2, -0.15) is 0 Å². The number of rotatable bonds is 4. The van der Waals surface area contributed by atoms with E-state index in [1.807, 2.05) is 38.1 Å². The normalized spacial score (nSPS) is 18.4. The first-order valence-corrected chi connectivity index (χ1v) is 7.68. The first-order valence-electron chi connectivity index (χ1n) is 6.88. The molecule has 0 spiro atoms. The third kappa shape index (κ3) is 4.40. The van der Waals surface area contributed by atoms with Gasteiger partial charge in [0, 0.05) is 17.4 Å². The lowest BCUT2D eigenvalue weighted by Crippen LogP contribution is -2.32. The van der Waals surface area contributed by atoms with Crippen molar-refractivity contribution in [3.05, 3.63) is 28.7 Å². The summed E-state index contributed by atoms with van der Waals surface area (Å²) in [6.45, 7) is 5.79. The molecule has 1 atom stereocenters. The van der Waals surface area contributed by atoms with Crippen LogP contribution in [0.1, 0.15) is 20.3 Å². The minimum absolute atomic E-state index is 0.0379. The maximum atomic E-state index is 11.8. The van der Waals surface area contributed by atoms with Crippen LogP contribution in [0.25, 0.3) is 0 Å². The molecule has 1 aliphatic heterocycles. The maximum absolute atomic E-state index is 11.8. The number of carbonyl (C=O) groups is 1. The fraction of sp³-hybridized carbons (Fsp3) is 0.533. The van der Waals surface area contributed by atoms with Crippen LogP contribution in [0, 0.1) is 5.92 Å². The first-order chi connectivity index (χ1) is 9.54. The molecule has 0 aliphatic carbocycles. The van der Waals surface area contributed by atoms with Gasteiger partial charge in [0.2, 0.25) is 0 Å². The molecule has 1 fully saturated rings. The second-order valence-electron chi connectivity index (χ2n) is 5.40. The molecule has 1 unspecified atom stereocenters. The fourth-order valence-corrected chi connectivity index (χ4v) is 2.43. The molecule has 0 aromatic heterocycles. The molecular formula is C15H20BrNO3. The van der Waals surface area contributed by atoms with Crippen molar-refractivity contribution in [2.24, 2.45) is 5.92 Å². The van der Waals surface area contributed by atoms with Gasteiger partial charge < -0.3 is 14.4 Å². The largest absolute Gasteiger partial charge is 0.488 e. The van der Waals surface area contributed by atoms with Gasteiger partial charge in [-0.25, -0.2) is 4.79 Å². The van der Waals surface area contributed by atoms with Crippen molar-refractivity contribution in [1.29, 1.82) is 0 Å². The van der Waals surface area contributed by atoms with Crippen LogP contribution >= 0.6 is 15.9 Å². The van der Waals surface area contributed by atoms with E-state index in [0.29, 0.717) is 25.6 Å². The average molecular weight is 342 g/mol. The standard InChI is InChI=1S/C15H20BrNO3/c1-11(2)10-19-15(18)17-7-6-14(9-17)20-13-5-3-4-12(16)8-13/h3-5,8,11,14H,6-7,9-10H2,1-2H3. The summed E-state index contributed by atoms with van der Waals surface area (Å²) in [6.07, 6.45) is 0.637. The summed E-state index contributed by atoms with van der Waals surface area (Å²) in [5, 5.41) is 0. The van der Waals surface area contributed by atoms with Gasteiger partial charge in [-0.1, -0.05) is 35.8 Å². The molecule has 1 aromatic rings. The van der Waals surface area contributed by atoms with E-state index in [9.17, 15) is 4.79 Å². The van der Waals surface area contributed by atoms with Gasteiger partial charge >= 0.3 is 6.09 Å². The van der Waals surface area contributed by atoms with E-state index in [2.05, 4.69) is 15.9 Å². The number of hydrogen-bond donors (Lipinski definition) is 0. The number of halogens is 1. The topological polar surface area (TPSA) is 38.8 Å². The van der Waals surface area contributed by atoms with Crippen molar-refractivity contribution in [3.63, 3.8) is 0 Å². The Hall–Kier alpha value is -1.23. The zero-order valence-corrected chi connectivity index (χ0v) is 13.4. The molecule has 4 nitrogen and oxygen atoms in total. The third-order valence-corrected chi connectivity index (χ3v) is 3.54. The van der Waals surface area contributed by atoms with E-state index >= 15 is 0 Å². The number of amides is 1. The Labute approximate surface area is 128 Å². The molecule has 0 saturated carbocycles. The van der Waals surface area contributed by atoms with Crippen molar-refractivity contribution in [2.75, 3.05) is 19.7 Å². The molecule has 1 aromatic carbocycles. The Morgan fingerprint density at radius 3 is 3.00 bits per heavy atom. The lowest BCUT2D eigenvalue weighted by molar-refractivity contribution is 0.0949. The molecule has 110 valence electrons. The predicted molar refractivity (Wildman–Crippen MR) is 80.9 cm³/mol. The summed E-state index contributed by atoms with van der Waals surface area (Å²) < 4.78 is 12.1. The SMILES string of the molecule is CC(C)COC(=O)N1CCC(Oc2cccc(Br)c2)C1. The molecule has 5 heteroatoms. The zero-order chi connectivity index (χ0) is 14.5. The van der Waals surface area contributed by atoms with E-state index in [4.69, 9.17) is 9.47 Å². The maximum Gasteiger partial charge on any atom is 0.409 e. The van der Waals surface area contributed by atoms with Gasteiger partial charge in [-0.15, -0.1) is 0 Å². The van der Waals surface area contributed by atoms with Crippen molar-refractivity contribution >= 4 is 22.0 Å². The highest BCUT2D eigenvalue weighted by Gasteiger charge is 2.28. The predicted octanol–water partition coefficient (Wildman–Crippen LogP) is 3.69. The van der Waals surface area contributed by atoms with Crippen molar-refractivity contribution in [3.8, 4) is 5.75 Å². The number of ether oxygens (including phenoxy) is 2. The summed E-state index contributed by atoms with van der Waals surface area (Å²) in [6, 6.07) is 7.74. The molecule has 20 heavy (non-hydrogen) atoms. The Morgan fingerprint density at radius 2 is 2.30 bits per heavy atom. The van der Waals surface area contributed by atoms with Gasteiger partial charge in [0.15, 0.2) is 0 Å². The highest BCUT2D eigenvalue weighted by Crippen LogP contribution is 2.22. The van der Waals surface area contributed by atoms with Crippen molar-refractivity contribution < 1.29 is 14.3 Å². The van der Waals surface area contributed by atoms with Crippen LogP contribution < -0.4 is 4.74 Å². The van der Waals surface area contributed by atoms with Crippen LogP contribution in [0.15, 0.2) is 28.7 Å². The van der Waals surface area contributed by atoms with Gasteiger partial charge in [0.05, 0.1) is 13.2 Å². The monoisotopic (exact) mass is 341 g/mol. The van der Waals surface area contributed by atoms with E-state index in [1.54, 1.807) is 4.90 Å². The van der Waals surface area contributed by atoms with Crippen molar-refractivity contribution in [2.45, 2.75) is 26.4 Å². The Balaban J connectivity index is 1.81. The summed E-state index contributed by atoms with van der Waals surface area (Å²) in [5.41, 5.74) is 0. The van der Waals surface area contributed by atoms with Gasteiger partial charge in [0.25, 0.3) is 0 Å². The number of carbonyl (C=O) groups excluding carboxylic acids is 1. The van der Waals surface area contributed by atoms with Crippen LogP contribution in [-0.2, 0) is 4.74 Å². The fourth-order valence-electron chi connectivity index (χ4n) is 2.05. The van der Waals surface area contributed by atoms with Crippen LogP contribution in [0.3, 0.4) is 0 Å². The number of likely N-dealkylation sites (tertiary alicyclic amines) is 1. The highest BCUT2D eigenvalue weighted by molar-refractivity contribution is 9.10. The third-order valence-electron chi connectivity index (χ3n) is 3.04. The van der Waals surface area contributed by atoms with Crippen LogP contribution in [0.2, 0.25) is 0 Å². The molecule has 0 radical (unpaired) electrons. The van der Waals surface area contributed by atoms with Gasteiger partial charge in [-0.05, 0) is 24.1 Å². The summed E-state index contributed by atoms with van der Waals surface area (Å²) in [7, 11) is 0. The molecule has 0 bridgehead atoms. The molecule has 2 rings (SSSR count). The Bertz CT molecular complexity index is 464. The summed E-state index contributed by atoms with van der Waals surface area (Å²) in [4.78, 5) is 13.6. The van der Waals surface area contributed by atoms with Crippen molar-refractivity contribution in [1.82, 2.24) is 4.90 Å². The summed E-state index contributed by atoms with van der Waals surface area (Å²) in [5.74, 6) is 1.18. The molecule has 1 aliphatic rings.